The van der Waals surface area contributed by atoms with Crippen LogP contribution < -0.4 is 11.2 Å². The van der Waals surface area contributed by atoms with Gasteiger partial charge < -0.3 is 0 Å². The van der Waals surface area contributed by atoms with E-state index in [9.17, 15) is 9.59 Å². The number of likely N-dealkylation sites (tertiary alicyclic amines) is 1. The first kappa shape index (κ1) is 16.7. The Morgan fingerprint density at radius 3 is 2.71 bits per heavy atom. The van der Waals surface area contributed by atoms with Crippen LogP contribution >= 0.6 is 0 Å². The quantitative estimate of drug-likeness (QED) is 0.825. The summed E-state index contributed by atoms with van der Waals surface area (Å²) in [5.74, 6) is 0. The van der Waals surface area contributed by atoms with Gasteiger partial charge in [-0.05, 0) is 31.9 Å². The molecule has 1 aliphatic rings. The number of piperidine rings is 1. The van der Waals surface area contributed by atoms with Crippen molar-refractivity contribution in [2.75, 3.05) is 6.54 Å². The molecule has 1 atom stereocenters. The third-order valence-electron chi connectivity index (χ3n) is 4.90. The Labute approximate surface area is 141 Å². The molecular weight excluding hydrogens is 306 g/mol. The van der Waals surface area contributed by atoms with Gasteiger partial charge in [-0.1, -0.05) is 6.42 Å². The molecule has 0 radical (unpaired) electrons. The molecule has 0 spiro atoms. The number of aromatic nitrogens is 4. The van der Waals surface area contributed by atoms with Crippen molar-refractivity contribution in [1.82, 2.24) is 23.8 Å². The first-order valence-electron chi connectivity index (χ1n) is 8.45. The molecule has 3 rings (SSSR count). The number of hydrogen-bond donors (Lipinski definition) is 0. The second-order valence-electron chi connectivity index (χ2n) is 6.73. The first-order valence-corrected chi connectivity index (χ1v) is 8.45. The first-order chi connectivity index (χ1) is 11.5. The lowest BCUT2D eigenvalue weighted by atomic mass is 10.0. The largest absolute Gasteiger partial charge is 0.330 e. The van der Waals surface area contributed by atoms with E-state index < -0.39 is 0 Å². The summed E-state index contributed by atoms with van der Waals surface area (Å²) >= 11 is 0. The van der Waals surface area contributed by atoms with Crippen molar-refractivity contribution in [1.29, 1.82) is 0 Å². The van der Waals surface area contributed by atoms with Crippen LogP contribution in [0, 0.1) is 6.92 Å². The van der Waals surface area contributed by atoms with E-state index in [-0.39, 0.29) is 11.2 Å². The molecule has 0 bridgehead atoms. The number of hydrogen-bond acceptors (Lipinski definition) is 4. The molecule has 0 aliphatic carbocycles. The lowest BCUT2D eigenvalue weighted by molar-refractivity contribution is 0.118. The molecule has 0 N–H and O–H groups in total. The molecule has 0 aromatic carbocycles. The molecule has 7 heteroatoms. The van der Waals surface area contributed by atoms with Crippen LogP contribution in [0.15, 0.2) is 28.0 Å². The highest BCUT2D eigenvalue weighted by Gasteiger charge is 2.24. The molecule has 3 heterocycles. The molecular formula is C17H25N5O2. The molecule has 7 nitrogen and oxygen atoms in total. The Bertz CT molecular complexity index is 832. The summed E-state index contributed by atoms with van der Waals surface area (Å²) in [5, 5.41) is 4.39. The van der Waals surface area contributed by atoms with Crippen LogP contribution in [-0.2, 0) is 27.2 Å². The van der Waals surface area contributed by atoms with Crippen molar-refractivity contribution < 1.29 is 0 Å². The zero-order valence-corrected chi connectivity index (χ0v) is 14.6. The van der Waals surface area contributed by atoms with E-state index in [4.69, 9.17) is 0 Å². The molecule has 1 aliphatic heterocycles. The van der Waals surface area contributed by atoms with Crippen molar-refractivity contribution in [2.24, 2.45) is 14.1 Å². The van der Waals surface area contributed by atoms with Gasteiger partial charge >= 0.3 is 5.69 Å². The summed E-state index contributed by atoms with van der Waals surface area (Å²) < 4.78 is 4.70. The Kier molecular flexibility index (Phi) is 4.71. The van der Waals surface area contributed by atoms with Gasteiger partial charge in [-0.15, -0.1) is 0 Å². The molecule has 2 aromatic rings. The average Bonchev–Trinajstić information content (AvgIpc) is 2.97. The minimum absolute atomic E-state index is 0.246. The Balaban J connectivity index is 1.82. The predicted octanol–water partition coefficient (Wildman–Crippen LogP) is 0.644. The minimum Gasteiger partial charge on any atom is -0.299 e. The summed E-state index contributed by atoms with van der Waals surface area (Å²) in [4.78, 5) is 26.4. The van der Waals surface area contributed by atoms with Crippen LogP contribution in [0.1, 0.15) is 30.5 Å². The Morgan fingerprint density at radius 1 is 1.21 bits per heavy atom. The maximum Gasteiger partial charge on any atom is 0.330 e. The van der Waals surface area contributed by atoms with Gasteiger partial charge in [0.15, 0.2) is 0 Å². The third kappa shape index (κ3) is 3.36. The maximum absolute atomic E-state index is 12.1. The summed E-state index contributed by atoms with van der Waals surface area (Å²) in [6, 6.07) is 1.95. The molecule has 0 saturated carbocycles. The van der Waals surface area contributed by atoms with Crippen molar-refractivity contribution in [3.05, 3.63) is 50.6 Å². The van der Waals surface area contributed by atoms with Gasteiger partial charge in [0, 0.05) is 44.6 Å². The van der Waals surface area contributed by atoms with Gasteiger partial charge in [-0.3, -0.25) is 23.5 Å². The van der Waals surface area contributed by atoms with E-state index in [1.165, 1.54) is 13.5 Å². The molecule has 1 fully saturated rings. The Hall–Kier alpha value is -2.15. The van der Waals surface area contributed by atoms with E-state index in [1.54, 1.807) is 17.7 Å². The second-order valence-corrected chi connectivity index (χ2v) is 6.73. The van der Waals surface area contributed by atoms with Gasteiger partial charge in [0.1, 0.15) is 0 Å². The standard InChI is InChI=1S/C17H25N5O2/c1-13-9-18-22(10-13)12-14-6-4-5-7-21(14)11-15-8-16(23)20(3)17(24)19(15)2/h8-10,14H,4-7,11-12H2,1-3H3/t14-/m1/s1. The van der Waals surface area contributed by atoms with Crippen LogP contribution in [0.4, 0.5) is 0 Å². The van der Waals surface area contributed by atoms with E-state index in [0.717, 1.165) is 41.8 Å². The van der Waals surface area contributed by atoms with Crippen LogP contribution in [0.5, 0.6) is 0 Å². The molecule has 24 heavy (non-hydrogen) atoms. The molecule has 130 valence electrons. The van der Waals surface area contributed by atoms with Crippen LogP contribution in [-0.4, -0.2) is 36.4 Å². The fraction of sp³-hybridized carbons (Fsp3) is 0.588. The van der Waals surface area contributed by atoms with Crippen molar-refractivity contribution >= 4 is 0 Å². The van der Waals surface area contributed by atoms with E-state index >= 15 is 0 Å². The lowest BCUT2D eigenvalue weighted by Gasteiger charge is -2.36. The van der Waals surface area contributed by atoms with Gasteiger partial charge in [0.05, 0.1) is 12.7 Å². The lowest BCUT2D eigenvalue weighted by Crippen LogP contribution is -2.44. The number of rotatable bonds is 4. The number of nitrogens with zero attached hydrogens (tertiary/aromatic N) is 5. The Morgan fingerprint density at radius 2 is 2.00 bits per heavy atom. The zero-order chi connectivity index (χ0) is 17.3. The van der Waals surface area contributed by atoms with Crippen LogP contribution in [0.25, 0.3) is 0 Å². The fourth-order valence-electron chi connectivity index (χ4n) is 3.40. The smallest absolute Gasteiger partial charge is 0.299 e. The van der Waals surface area contributed by atoms with Gasteiger partial charge in [-0.25, -0.2) is 4.79 Å². The van der Waals surface area contributed by atoms with Gasteiger partial charge in [-0.2, -0.15) is 5.10 Å². The normalized spacial score (nSPS) is 18.9. The highest BCUT2D eigenvalue weighted by Crippen LogP contribution is 2.20. The van der Waals surface area contributed by atoms with Crippen molar-refractivity contribution in [2.45, 2.75) is 45.3 Å². The average molecular weight is 331 g/mol. The van der Waals surface area contributed by atoms with Crippen molar-refractivity contribution in [3.63, 3.8) is 0 Å². The SMILES string of the molecule is Cc1cnn(C[C@H]2CCCCN2Cc2cc(=O)n(C)c(=O)n2C)c1. The predicted molar refractivity (Wildman–Crippen MR) is 91.9 cm³/mol. The number of aryl methyl sites for hydroxylation is 1. The van der Waals surface area contributed by atoms with E-state index in [2.05, 4.69) is 16.2 Å². The topological polar surface area (TPSA) is 65.1 Å². The highest BCUT2D eigenvalue weighted by atomic mass is 16.2. The van der Waals surface area contributed by atoms with Gasteiger partial charge in [0.2, 0.25) is 0 Å². The maximum atomic E-state index is 12.1. The third-order valence-corrected chi connectivity index (χ3v) is 4.90. The van der Waals surface area contributed by atoms with E-state index in [1.807, 2.05) is 17.8 Å². The van der Waals surface area contributed by atoms with Crippen molar-refractivity contribution in [3.8, 4) is 0 Å². The molecule has 1 saturated heterocycles. The minimum atomic E-state index is -0.270. The van der Waals surface area contributed by atoms with Crippen LogP contribution in [0.2, 0.25) is 0 Å². The molecule has 0 amide bonds. The summed E-state index contributed by atoms with van der Waals surface area (Å²) in [5.41, 5.74) is 1.41. The second kappa shape index (κ2) is 6.76. The summed E-state index contributed by atoms with van der Waals surface area (Å²) in [6.45, 7) is 4.48. The zero-order valence-electron chi connectivity index (χ0n) is 14.6. The van der Waals surface area contributed by atoms with Crippen LogP contribution in [0.3, 0.4) is 0 Å². The molecule has 2 aromatic heterocycles. The molecule has 0 unspecified atom stereocenters. The fourth-order valence-corrected chi connectivity index (χ4v) is 3.40. The highest BCUT2D eigenvalue weighted by molar-refractivity contribution is 5.03. The van der Waals surface area contributed by atoms with Gasteiger partial charge in [0.25, 0.3) is 5.56 Å². The summed E-state index contributed by atoms with van der Waals surface area (Å²) in [7, 11) is 3.24. The summed E-state index contributed by atoms with van der Waals surface area (Å²) in [6.07, 6.45) is 7.39. The van der Waals surface area contributed by atoms with E-state index in [0.29, 0.717) is 12.6 Å². The monoisotopic (exact) mass is 331 g/mol.